The molecule has 0 saturated heterocycles. The zero-order chi connectivity index (χ0) is 15.6. The fraction of sp³-hybridized carbons (Fsp3) is 0.400. The van der Waals surface area contributed by atoms with Crippen LogP contribution in [0.2, 0.25) is 0 Å². The number of nitrogens with one attached hydrogen (secondary N) is 1. The van der Waals surface area contributed by atoms with Gasteiger partial charge in [0.2, 0.25) is 11.8 Å². The van der Waals surface area contributed by atoms with Crippen molar-refractivity contribution in [3.05, 3.63) is 29.8 Å². The van der Waals surface area contributed by atoms with E-state index < -0.39 is 23.7 Å². The number of hydrogen-bond donors (Lipinski definition) is 3. The highest BCUT2D eigenvalue weighted by atomic mass is 16.4. The van der Waals surface area contributed by atoms with Crippen molar-refractivity contribution in [3.8, 4) is 0 Å². The lowest BCUT2D eigenvalue weighted by atomic mass is 9.95. The number of nitrogens with two attached hydrogens (primary N) is 1. The molecule has 4 N–H and O–H groups in total. The molecular weight excluding hydrogens is 272 g/mol. The van der Waals surface area contributed by atoms with Gasteiger partial charge in [-0.2, -0.15) is 0 Å². The molecule has 3 unspecified atom stereocenters. The van der Waals surface area contributed by atoms with E-state index in [-0.39, 0.29) is 11.8 Å². The topological polar surface area (TPSA) is 109 Å². The molecule has 1 aliphatic carbocycles. The third-order valence-corrected chi connectivity index (χ3v) is 3.89. The van der Waals surface area contributed by atoms with Gasteiger partial charge >= 0.3 is 5.97 Å². The molecule has 112 valence electrons. The minimum atomic E-state index is -0.927. The average molecular weight is 290 g/mol. The van der Waals surface area contributed by atoms with Crippen molar-refractivity contribution in [2.24, 2.45) is 23.5 Å². The quantitative estimate of drug-likeness (QED) is 0.780. The normalized spacial score (nSPS) is 24.5. The zero-order valence-corrected chi connectivity index (χ0v) is 11.7. The van der Waals surface area contributed by atoms with Crippen LogP contribution in [0.5, 0.6) is 0 Å². The van der Waals surface area contributed by atoms with Gasteiger partial charge in [0.15, 0.2) is 0 Å². The summed E-state index contributed by atoms with van der Waals surface area (Å²) in [6.07, 6.45) is 1.09. The van der Waals surface area contributed by atoms with Gasteiger partial charge in [-0.15, -0.1) is 0 Å². The van der Waals surface area contributed by atoms with E-state index in [2.05, 4.69) is 5.32 Å². The molecule has 0 bridgehead atoms. The number of benzene rings is 1. The molecule has 6 nitrogen and oxygen atoms in total. The fourth-order valence-electron chi connectivity index (χ4n) is 2.81. The van der Waals surface area contributed by atoms with Gasteiger partial charge < -0.3 is 16.2 Å². The third kappa shape index (κ3) is 3.39. The monoisotopic (exact) mass is 290 g/mol. The lowest BCUT2D eigenvalue weighted by molar-refractivity contribution is -0.145. The largest absolute Gasteiger partial charge is 0.481 e. The number of anilines is 1. The first-order valence-corrected chi connectivity index (χ1v) is 6.82. The number of rotatable bonds is 4. The number of hydrogen-bond acceptors (Lipinski definition) is 3. The summed E-state index contributed by atoms with van der Waals surface area (Å²) in [5.41, 5.74) is 6.01. The highest BCUT2D eigenvalue weighted by Crippen LogP contribution is 2.37. The van der Waals surface area contributed by atoms with Gasteiger partial charge in [0.05, 0.1) is 11.8 Å². The second-order valence-electron chi connectivity index (χ2n) is 5.56. The Hall–Kier alpha value is -2.37. The third-order valence-electron chi connectivity index (χ3n) is 3.89. The maximum Gasteiger partial charge on any atom is 0.307 e. The number of carbonyl (C=O) groups excluding carboxylic acids is 2. The summed E-state index contributed by atoms with van der Waals surface area (Å²) in [7, 11) is 0. The first-order valence-electron chi connectivity index (χ1n) is 6.82. The van der Waals surface area contributed by atoms with E-state index in [4.69, 9.17) is 5.73 Å². The maximum absolute atomic E-state index is 12.2. The predicted octanol–water partition coefficient (Wildman–Crippen LogP) is 1.47. The Kier molecular flexibility index (Phi) is 4.26. The smallest absolute Gasteiger partial charge is 0.307 e. The molecule has 0 radical (unpaired) electrons. The van der Waals surface area contributed by atoms with E-state index in [0.29, 0.717) is 24.1 Å². The molecule has 0 heterocycles. The summed E-state index contributed by atoms with van der Waals surface area (Å²) in [4.78, 5) is 34.4. The van der Waals surface area contributed by atoms with Crippen LogP contribution in [-0.2, 0) is 9.59 Å². The van der Waals surface area contributed by atoms with Crippen LogP contribution in [0.4, 0.5) is 5.69 Å². The van der Waals surface area contributed by atoms with Gasteiger partial charge in [-0.3, -0.25) is 14.4 Å². The maximum atomic E-state index is 12.2. The van der Waals surface area contributed by atoms with Crippen LogP contribution in [0.1, 0.15) is 30.1 Å². The van der Waals surface area contributed by atoms with Crippen LogP contribution < -0.4 is 11.1 Å². The Morgan fingerprint density at radius 1 is 1.14 bits per heavy atom. The molecule has 2 amide bonds. The Morgan fingerprint density at radius 3 is 2.24 bits per heavy atom. The van der Waals surface area contributed by atoms with Crippen LogP contribution in [0, 0.1) is 17.8 Å². The Balaban J connectivity index is 2.06. The molecule has 21 heavy (non-hydrogen) atoms. The van der Waals surface area contributed by atoms with E-state index in [0.717, 1.165) is 0 Å². The second-order valence-corrected chi connectivity index (χ2v) is 5.56. The second kappa shape index (κ2) is 5.95. The summed E-state index contributed by atoms with van der Waals surface area (Å²) < 4.78 is 0. The summed E-state index contributed by atoms with van der Waals surface area (Å²) >= 11 is 0. The first kappa shape index (κ1) is 15.0. The molecule has 1 aromatic rings. The predicted molar refractivity (Wildman–Crippen MR) is 76.6 cm³/mol. The number of carbonyl (C=O) groups is 3. The molecule has 1 aliphatic rings. The first-order chi connectivity index (χ1) is 9.88. The van der Waals surface area contributed by atoms with Crippen molar-refractivity contribution in [1.29, 1.82) is 0 Å². The van der Waals surface area contributed by atoms with E-state index in [1.54, 1.807) is 12.1 Å². The molecule has 0 spiro atoms. The van der Waals surface area contributed by atoms with Gasteiger partial charge in [0.1, 0.15) is 0 Å². The van der Waals surface area contributed by atoms with Crippen molar-refractivity contribution in [2.75, 3.05) is 5.32 Å². The van der Waals surface area contributed by atoms with Crippen LogP contribution >= 0.6 is 0 Å². The number of aliphatic carboxylic acids is 1. The van der Waals surface area contributed by atoms with Gasteiger partial charge in [0.25, 0.3) is 0 Å². The highest BCUT2D eigenvalue weighted by Gasteiger charge is 2.41. The molecular formula is C15H18N2O4. The molecule has 0 aromatic heterocycles. The SMILES string of the molecule is CC1CC(C(=O)O)C(C(=O)Nc2ccc(C(N)=O)cc2)C1. The minimum Gasteiger partial charge on any atom is -0.481 e. The van der Waals surface area contributed by atoms with Crippen molar-refractivity contribution >= 4 is 23.5 Å². The minimum absolute atomic E-state index is 0.221. The molecule has 1 fully saturated rings. The molecule has 1 saturated carbocycles. The van der Waals surface area contributed by atoms with Gasteiger partial charge in [-0.25, -0.2) is 0 Å². The number of amides is 2. The lowest BCUT2D eigenvalue weighted by Gasteiger charge is -2.15. The van der Waals surface area contributed by atoms with Gasteiger partial charge in [0, 0.05) is 11.3 Å². The zero-order valence-electron chi connectivity index (χ0n) is 11.7. The summed E-state index contributed by atoms with van der Waals surface area (Å²) in [6, 6.07) is 6.19. The lowest BCUT2D eigenvalue weighted by Crippen LogP contribution is -2.30. The summed E-state index contributed by atoms with van der Waals surface area (Å²) in [5.74, 6) is -2.69. The molecule has 1 aromatic carbocycles. The number of carboxylic acids is 1. The highest BCUT2D eigenvalue weighted by molar-refractivity contribution is 5.97. The molecule has 2 rings (SSSR count). The molecule has 3 atom stereocenters. The fourth-order valence-corrected chi connectivity index (χ4v) is 2.81. The van der Waals surface area contributed by atoms with E-state index in [1.165, 1.54) is 12.1 Å². The Labute approximate surface area is 122 Å². The summed E-state index contributed by atoms with van der Waals surface area (Å²) in [5, 5.41) is 11.9. The van der Waals surface area contributed by atoms with Crippen molar-refractivity contribution in [1.82, 2.24) is 0 Å². The van der Waals surface area contributed by atoms with Crippen LogP contribution in [-0.4, -0.2) is 22.9 Å². The van der Waals surface area contributed by atoms with E-state index in [1.807, 2.05) is 6.92 Å². The van der Waals surface area contributed by atoms with Crippen LogP contribution in [0.25, 0.3) is 0 Å². The van der Waals surface area contributed by atoms with Gasteiger partial charge in [-0.1, -0.05) is 6.92 Å². The van der Waals surface area contributed by atoms with Crippen molar-refractivity contribution < 1.29 is 19.5 Å². The Morgan fingerprint density at radius 2 is 1.71 bits per heavy atom. The van der Waals surface area contributed by atoms with Crippen molar-refractivity contribution in [2.45, 2.75) is 19.8 Å². The summed E-state index contributed by atoms with van der Waals surface area (Å²) in [6.45, 7) is 1.95. The van der Waals surface area contributed by atoms with Crippen LogP contribution in [0.3, 0.4) is 0 Å². The van der Waals surface area contributed by atoms with Crippen LogP contribution in [0.15, 0.2) is 24.3 Å². The number of carboxylic acid groups (broad SMARTS) is 1. The number of primary amides is 1. The molecule has 6 heteroatoms. The van der Waals surface area contributed by atoms with Crippen molar-refractivity contribution in [3.63, 3.8) is 0 Å². The van der Waals surface area contributed by atoms with Gasteiger partial charge in [-0.05, 0) is 43.0 Å². The molecule has 0 aliphatic heterocycles. The Bertz CT molecular complexity index is 568. The van der Waals surface area contributed by atoms with E-state index >= 15 is 0 Å². The standard InChI is InChI=1S/C15H18N2O4/c1-8-6-11(12(7-8)15(20)21)14(19)17-10-4-2-9(3-5-10)13(16)18/h2-5,8,11-12H,6-7H2,1H3,(H2,16,18)(H,17,19)(H,20,21). The average Bonchev–Trinajstić information content (AvgIpc) is 2.82. The van der Waals surface area contributed by atoms with E-state index in [9.17, 15) is 19.5 Å².